The van der Waals surface area contributed by atoms with E-state index in [1.54, 1.807) is 0 Å². The van der Waals surface area contributed by atoms with Crippen LogP contribution in [0, 0.1) is 17.8 Å². The molecular formula is C38H54O7Si. The van der Waals surface area contributed by atoms with Crippen LogP contribution in [0.2, 0.25) is 0 Å². The Balaban J connectivity index is 1.37. The number of rotatable bonds is 22. The first-order valence-electron chi connectivity index (χ1n) is 17.0. The summed E-state index contributed by atoms with van der Waals surface area (Å²) >= 11 is 0. The quantitative estimate of drug-likeness (QED) is 0.0807. The molecule has 4 rings (SSSR count). The van der Waals surface area contributed by atoms with Gasteiger partial charge in [0.15, 0.2) is 0 Å². The number of ether oxygens (including phenoxy) is 3. The standard InChI is InChI=1S/C38H54O7Si/c1-32(2)37-19-21-38(22-20-37)33(3)45-46(42-26-23-39-29-34-13-7-4-8-14-34,43-27-24-40-30-35-15-9-5-10-16-35)44-28-25-41-31-36-17-11-6-12-18-36/h4-18,32-33,37-38H,19-31H2,1-3H3. The van der Waals surface area contributed by atoms with E-state index in [0.29, 0.717) is 71.3 Å². The maximum atomic E-state index is 6.77. The first kappa shape index (κ1) is 36.4. The van der Waals surface area contributed by atoms with Crippen LogP contribution in [0.1, 0.15) is 63.1 Å². The topological polar surface area (TPSA) is 64.6 Å². The molecule has 3 aromatic carbocycles. The average molecular weight is 651 g/mol. The third-order valence-corrected chi connectivity index (χ3v) is 10.9. The van der Waals surface area contributed by atoms with Crippen molar-refractivity contribution in [1.82, 2.24) is 0 Å². The highest BCUT2D eigenvalue weighted by molar-refractivity contribution is 6.53. The molecule has 0 aromatic heterocycles. The van der Waals surface area contributed by atoms with E-state index >= 15 is 0 Å². The molecule has 8 heteroatoms. The van der Waals surface area contributed by atoms with Gasteiger partial charge in [-0.3, -0.25) is 0 Å². The minimum atomic E-state index is -3.61. The first-order chi connectivity index (χ1) is 22.5. The van der Waals surface area contributed by atoms with Crippen LogP contribution >= 0.6 is 0 Å². The Kier molecular flexibility index (Phi) is 16.4. The molecule has 46 heavy (non-hydrogen) atoms. The molecule has 1 atom stereocenters. The molecule has 1 fully saturated rings. The van der Waals surface area contributed by atoms with Crippen LogP contribution in [-0.4, -0.2) is 54.8 Å². The van der Waals surface area contributed by atoms with Crippen molar-refractivity contribution < 1.29 is 31.9 Å². The monoisotopic (exact) mass is 650 g/mol. The fraction of sp³-hybridized carbons (Fsp3) is 0.526. The van der Waals surface area contributed by atoms with Crippen LogP contribution in [-0.2, 0) is 51.7 Å². The molecule has 0 saturated heterocycles. The molecule has 0 amide bonds. The van der Waals surface area contributed by atoms with Gasteiger partial charge in [0.1, 0.15) is 0 Å². The summed E-state index contributed by atoms with van der Waals surface area (Å²) in [6.45, 7) is 10.4. The van der Waals surface area contributed by atoms with Crippen LogP contribution in [0.15, 0.2) is 91.0 Å². The zero-order chi connectivity index (χ0) is 32.3. The zero-order valence-electron chi connectivity index (χ0n) is 28.0. The van der Waals surface area contributed by atoms with Gasteiger partial charge < -0.3 is 31.9 Å². The number of hydrogen-bond acceptors (Lipinski definition) is 7. The SMILES string of the molecule is CC(C)C1CCC(C(C)O[Si](OCCOCc2ccccc2)(OCCOCc2ccccc2)OCCOCc2ccccc2)CC1. The van der Waals surface area contributed by atoms with Crippen molar-refractivity contribution in [2.75, 3.05) is 39.6 Å². The predicted molar refractivity (Wildman–Crippen MR) is 183 cm³/mol. The Morgan fingerprint density at radius 3 is 1.20 bits per heavy atom. The summed E-state index contributed by atoms with van der Waals surface area (Å²) in [5, 5.41) is 0. The molecule has 0 radical (unpaired) electrons. The second-order valence-corrected chi connectivity index (χ2v) is 14.5. The maximum Gasteiger partial charge on any atom is 0.680 e. The van der Waals surface area contributed by atoms with E-state index in [1.807, 2.05) is 54.6 Å². The van der Waals surface area contributed by atoms with E-state index in [4.69, 9.17) is 31.9 Å². The van der Waals surface area contributed by atoms with Gasteiger partial charge in [-0.15, -0.1) is 0 Å². The Hall–Kier alpha value is -2.40. The van der Waals surface area contributed by atoms with E-state index in [-0.39, 0.29) is 6.10 Å². The summed E-state index contributed by atoms with van der Waals surface area (Å²) in [7, 11) is -3.61. The zero-order valence-corrected chi connectivity index (χ0v) is 29.0. The van der Waals surface area contributed by atoms with Gasteiger partial charge in [-0.2, -0.15) is 0 Å². The summed E-state index contributed by atoms with van der Waals surface area (Å²) in [6.07, 6.45) is 4.65. The molecule has 1 unspecified atom stereocenters. The highest BCUT2D eigenvalue weighted by Crippen LogP contribution is 2.36. The number of hydrogen-bond donors (Lipinski definition) is 0. The van der Waals surface area contributed by atoms with Gasteiger partial charge in [0.2, 0.25) is 0 Å². The second kappa shape index (κ2) is 20.8. The van der Waals surface area contributed by atoms with E-state index in [0.717, 1.165) is 35.4 Å². The van der Waals surface area contributed by atoms with Crippen molar-refractivity contribution in [1.29, 1.82) is 0 Å². The molecular weight excluding hydrogens is 596 g/mol. The molecule has 0 spiro atoms. The molecule has 0 heterocycles. The van der Waals surface area contributed by atoms with Gasteiger partial charge in [0, 0.05) is 0 Å². The van der Waals surface area contributed by atoms with E-state index < -0.39 is 9.05 Å². The van der Waals surface area contributed by atoms with Crippen molar-refractivity contribution in [2.45, 2.75) is 72.4 Å². The van der Waals surface area contributed by atoms with Gasteiger partial charge in [-0.25, -0.2) is 0 Å². The molecule has 7 nitrogen and oxygen atoms in total. The normalized spacial score (nSPS) is 17.7. The number of benzene rings is 3. The minimum Gasteiger partial charge on any atom is -0.374 e. The molecule has 3 aromatic rings. The Bertz CT molecular complexity index is 1050. The average Bonchev–Trinajstić information content (AvgIpc) is 3.09. The highest BCUT2D eigenvalue weighted by atomic mass is 28.4. The summed E-state index contributed by atoms with van der Waals surface area (Å²) in [5.74, 6) is 1.92. The third-order valence-electron chi connectivity index (χ3n) is 8.61. The smallest absolute Gasteiger partial charge is 0.374 e. The molecule has 0 N–H and O–H groups in total. The molecule has 252 valence electrons. The maximum absolute atomic E-state index is 6.77. The fourth-order valence-corrected chi connectivity index (χ4v) is 7.90. The summed E-state index contributed by atoms with van der Waals surface area (Å²) in [6, 6.07) is 30.4. The van der Waals surface area contributed by atoms with Crippen LogP contribution in [0.5, 0.6) is 0 Å². The van der Waals surface area contributed by atoms with Crippen LogP contribution in [0.4, 0.5) is 0 Å². The lowest BCUT2D eigenvalue weighted by Crippen LogP contribution is -2.54. The van der Waals surface area contributed by atoms with Crippen molar-refractivity contribution >= 4 is 9.05 Å². The molecule has 1 aliphatic carbocycles. The van der Waals surface area contributed by atoms with Crippen molar-refractivity contribution in [3.63, 3.8) is 0 Å². The Labute approximate surface area is 278 Å². The van der Waals surface area contributed by atoms with Gasteiger partial charge in [-0.05, 0) is 67.1 Å². The van der Waals surface area contributed by atoms with Crippen molar-refractivity contribution in [3.8, 4) is 0 Å². The summed E-state index contributed by atoms with van der Waals surface area (Å²) in [5.41, 5.74) is 3.35. The Morgan fingerprint density at radius 1 is 0.500 bits per heavy atom. The van der Waals surface area contributed by atoms with Crippen LogP contribution in [0.3, 0.4) is 0 Å². The van der Waals surface area contributed by atoms with Gasteiger partial charge in [-0.1, -0.05) is 105 Å². The lowest BCUT2D eigenvalue weighted by molar-refractivity contribution is -0.0886. The van der Waals surface area contributed by atoms with Gasteiger partial charge in [0.25, 0.3) is 0 Å². The largest absolute Gasteiger partial charge is 0.680 e. The van der Waals surface area contributed by atoms with Gasteiger partial charge in [0.05, 0.1) is 65.6 Å². The van der Waals surface area contributed by atoms with Crippen LogP contribution in [0.25, 0.3) is 0 Å². The molecule has 0 aliphatic heterocycles. The second-order valence-electron chi connectivity index (χ2n) is 12.4. The predicted octanol–water partition coefficient (Wildman–Crippen LogP) is 7.99. The minimum absolute atomic E-state index is 0.0690. The molecule has 0 bridgehead atoms. The summed E-state index contributed by atoms with van der Waals surface area (Å²) < 4.78 is 43.9. The fourth-order valence-electron chi connectivity index (χ4n) is 5.80. The lowest BCUT2D eigenvalue weighted by atomic mass is 9.75. The first-order valence-corrected chi connectivity index (χ1v) is 18.6. The van der Waals surface area contributed by atoms with E-state index in [9.17, 15) is 0 Å². The van der Waals surface area contributed by atoms with E-state index in [1.165, 1.54) is 12.8 Å². The van der Waals surface area contributed by atoms with E-state index in [2.05, 4.69) is 57.2 Å². The lowest BCUT2D eigenvalue weighted by Gasteiger charge is -2.37. The van der Waals surface area contributed by atoms with Crippen molar-refractivity contribution in [3.05, 3.63) is 108 Å². The van der Waals surface area contributed by atoms with Gasteiger partial charge >= 0.3 is 9.05 Å². The van der Waals surface area contributed by atoms with Crippen molar-refractivity contribution in [2.24, 2.45) is 17.8 Å². The molecule has 1 aliphatic rings. The van der Waals surface area contributed by atoms with Crippen LogP contribution < -0.4 is 0 Å². The third kappa shape index (κ3) is 13.4. The molecule has 1 saturated carbocycles. The summed E-state index contributed by atoms with van der Waals surface area (Å²) in [4.78, 5) is 0. The Morgan fingerprint density at radius 2 is 0.848 bits per heavy atom. The highest BCUT2D eigenvalue weighted by Gasteiger charge is 2.48.